The molecule has 0 bridgehead atoms. The fourth-order valence-electron chi connectivity index (χ4n) is 8.01. The van der Waals surface area contributed by atoms with Crippen molar-refractivity contribution in [2.24, 2.45) is 0 Å². The van der Waals surface area contributed by atoms with Crippen LogP contribution in [0.15, 0.2) is 133 Å². The molecule has 0 saturated heterocycles. The average molecular weight is 1050 g/mol. The van der Waals surface area contributed by atoms with Crippen molar-refractivity contribution in [1.82, 2.24) is 14.5 Å². The van der Waals surface area contributed by atoms with Gasteiger partial charge in [-0.3, -0.25) is 9.55 Å². The Kier molecular flexibility index (Phi) is 8.53. The molecule has 1 N–H and O–H groups in total. The van der Waals surface area contributed by atoms with Crippen molar-refractivity contribution in [2.75, 3.05) is 0 Å². The van der Waals surface area contributed by atoms with Gasteiger partial charge in [-0.1, -0.05) is 179 Å². The van der Waals surface area contributed by atoms with Crippen molar-refractivity contribution in [3.8, 4) is 67.5 Å². The first-order chi connectivity index (χ1) is 36.4. The van der Waals surface area contributed by atoms with E-state index < -0.39 is 89.9 Å². The van der Waals surface area contributed by atoms with Crippen LogP contribution in [0.5, 0.6) is 5.75 Å². The number of rotatable bonds is 8. The van der Waals surface area contributed by atoms with Gasteiger partial charge in [-0.05, 0) is 98.7 Å². The number of hydrogen-bond acceptors (Lipinski definition) is 3. The molecular formula is C60H64N3OPt-. The van der Waals surface area contributed by atoms with Crippen LogP contribution in [0.4, 0.5) is 0 Å². The van der Waals surface area contributed by atoms with Gasteiger partial charge < -0.3 is 5.11 Å². The molecule has 0 amide bonds. The van der Waals surface area contributed by atoms with E-state index >= 15 is 0 Å². The van der Waals surface area contributed by atoms with Gasteiger partial charge >= 0.3 is 0 Å². The number of phenolic OH excluding ortho intramolecular Hbond substituents is 1. The van der Waals surface area contributed by atoms with E-state index in [1.54, 1.807) is 6.07 Å². The van der Waals surface area contributed by atoms with Gasteiger partial charge in [0.05, 0.1) is 30.5 Å². The molecule has 0 aliphatic carbocycles. The zero-order valence-electron chi connectivity index (χ0n) is 53.5. The van der Waals surface area contributed by atoms with Crippen LogP contribution in [-0.2, 0) is 42.7 Å². The maximum absolute atomic E-state index is 12.4. The van der Waals surface area contributed by atoms with Gasteiger partial charge in [-0.2, -0.15) is 0 Å². The van der Waals surface area contributed by atoms with Crippen LogP contribution in [0.2, 0.25) is 0 Å². The number of aromatic hydroxyl groups is 1. The van der Waals surface area contributed by atoms with Gasteiger partial charge in [0.2, 0.25) is 0 Å². The molecule has 4 nitrogen and oxygen atoms in total. The van der Waals surface area contributed by atoms with Gasteiger partial charge in [0.15, 0.2) is 0 Å². The smallest absolute Gasteiger partial charge is 0.148 e. The summed E-state index contributed by atoms with van der Waals surface area (Å²) in [6.45, 7) is 9.20. The van der Waals surface area contributed by atoms with Gasteiger partial charge in [0.1, 0.15) is 11.6 Å². The SMILES string of the molecule is [2H]c1cc(-c2c([2H])c([2H])nc(-c3[c-]c(-c4cccc5c4nc(-c4cc(C)cc(C(C)(C)C)c4O)n5-c4ccc(C(C)(C)CC)cc4-c4ccccc4)cc(C(C)(C)C)c3)c2[2H])c([2H])c([2H])c1C(C([2H])([2H])[2H])(C([2H])([2H])[2H])C([2H])([2H])[2H].[Pt]. The van der Waals surface area contributed by atoms with Gasteiger partial charge in [0, 0.05) is 56.4 Å². The van der Waals surface area contributed by atoms with Crippen LogP contribution in [-0.4, -0.2) is 19.6 Å². The van der Waals surface area contributed by atoms with Crippen LogP contribution in [0.1, 0.15) is 138 Å². The standard InChI is InChI=1S/C60H64N3O.Pt/c1-14-60(12,13)45-27-28-52(48(37-45)40-19-16-15-17-20-40)63-53-22-18-21-47(54(53)62-56(63)49-31-38(2)32-50(55(49)64)59(9,10)11)42-33-43(35-46(34-42)58(6,7)8)51-36-41(29-30-61-51)39-23-25-44(26-24-39)57(3,4)5;/h15-32,34-37,64H,14H2,1-13H3;/q-1;/i3D3,4D3,5D3,23D,25D,26D,29D,30D,36D;. The second kappa shape index (κ2) is 17.7. The molecule has 0 unspecified atom stereocenters. The fraction of sp³-hybridized carbons (Fsp3) is 0.300. The van der Waals surface area contributed by atoms with E-state index in [1.807, 2.05) is 103 Å². The van der Waals surface area contributed by atoms with E-state index in [2.05, 4.69) is 66.7 Å². The van der Waals surface area contributed by atoms with Crippen LogP contribution in [0.25, 0.3) is 72.7 Å². The summed E-state index contributed by atoms with van der Waals surface area (Å²) in [5, 5.41) is 12.4. The maximum atomic E-state index is 12.4. The van der Waals surface area contributed by atoms with Gasteiger partial charge in [-0.25, -0.2) is 4.98 Å². The fourth-order valence-corrected chi connectivity index (χ4v) is 8.01. The quantitative estimate of drug-likeness (QED) is 0.154. The summed E-state index contributed by atoms with van der Waals surface area (Å²) >= 11 is 0. The van der Waals surface area contributed by atoms with Crippen molar-refractivity contribution >= 4 is 11.0 Å². The monoisotopic (exact) mass is 1050 g/mol. The van der Waals surface area contributed by atoms with E-state index in [0.717, 1.165) is 51.6 Å². The maximum Gasteiger partial charge on any atom is 0.148 e. The number of imidazole rings is 1. The largest absolute Gasteiger partial charge is 0.507 e. The summed E-state index contributed by atoms with van der Waals surface area (Å²) in [6.07, 6.45) is 0.229. The normalized spacial score (nSPS) is 16.3. The Balaban J connectivity index is 0.00000924. The summed E-state index contributed by atoms with van der Waals surface area (Å²) in [5.41, 5.74) is 2.05. The summed E-state index contributed by atoms with van der Waals surface area (Å²) in [4.78, 5) is 9.91. The predicted octanol–water partition coefficient (Wildman–Crippen LogP) is 16.1. The molecule has 0 aliphatic heterocycles. The zero-order valence-corrected chi connectivity index (χ0v) is 40.8. The number of aryl methyl sites for hydroxylation is 1. The molecule has 65 heavy (non-hydrogen) atoms. The van der Waals surface area contributed by atoms with E-state index in [-0.39, 0.29) is 43.5 Å². The molecule has 0 aliphatic rings. The molecule has 8 rings (SSSR count). The van der Waals surface area contributed by atoms with Gasteiger partial charge in [0.25, 0.3) is 0 Å². The third-order valence-corrected chi connectivity index (χ3v) is 12.2. The molecular weight excluding hydrogens is 974 g/mol. The first-order valence-corrected chi connectivity index (χ1v) is 21.6. The van der Waals surface area contributed by atoms with Crippen LogP contribution < -0.4 is 0 Å². The Bertz CT molecular complexity index is 3680. The minimum Gasteiger partial charge on any atom is -0.507 e. The molecule has 0 saturated carbocycles. The van der Waals surface area contributed by atoms with Crippen molar-refractivity contribution in [1.29, 1.82) is 0 Å². The number of hydrogen-bond donors (Lipinski definition) is 1. The number of phenols is 1. The summed E-state index contributed by atoms with van der Waals surface area (Å²) < 4.78 is 131. The molecule has 2 aromatic heterocycles. The molecule has 8 aromatic rings. The number of aromatic nitrogens is 3. The van der Waals surface area contributed by atoms with E-state index in [4.69, 9.17) is 24.2 Å². The molecule has 0 radical (unpaired) electrons. The topological polar surface area (TPSA) is 50.9 Å². The average Bonchev–Trinajstić information content (AvgIpc) is 3.16. The number of benzene rings is 6. The predicted molar refractivity (Wildman–Crippen MR) is 271 cm³/mol. The second-order valence-electron chi connectivity index (χ2n) is 19.5. The number of pyridine rings is 1. The van der Waals surface area contributed by atoms with Crippen molar-refractivity contribution < 1.29 is 46.7 Å². The second-order valence-corrected chi connectivity index (χ2v) is 19.5. The number of nitrogens with zero attached hydrogens (tertiary/aromatic N) is 3. The third kappa shape index (κ3) is 9.43. The van der Waals surface area contributed by atoms with Crippen LogP contribution in [0, 0.1) is 13.0 Å². The van der Waals surface area contributed by atoms with Crippen LogP contribution >= 0.6 is 0 Å². The molecule has 336 valence electrons. The van der Waals surface area contributed by atoms with E-state index in [1.165, 1.54) is 0 Å². The Morgan fingerprint density at radius 3 is 2.09 bits per heavy atom. The summed E-state index contributed by atoms with van der Waals surface area (Å²) in [7, 11) is 0. The molecule has 0 spiro atoms. The third-order valence-electron chi connectivity index (χ3n) is 12.2. The number of fused-ring (bicyclic) bond motifs is 1. The Morgan fingerprint density at radius 1 is 0.662 bits per heavy atom. The van der Waals surface area contributed by atoms with Crippen molar-refractivity contribution in [3.05, 3.63) is 167 Å². The summed E-state index contributed by atoms with van der Waals surface area (Å²) in [5.74, 6) is 0.560. The minimum absolute atomic E-state index is 0. The molecule has 2 heterocycles. The first kappa shape index (κ1) is 31.4. The Hall–Kier alpha value is -5.57. The molecule has 6 aromatic carbocycles. The Morgan fingerprint density at radius 2 is 1.40 bits per heavy atom. The molecule has 0 atom stereocenters. The van der Waals surface area contributed by atoms with Gasteiger partial charge in [-0.15, -0.1) is 29.3 Å². The van der Waals surface area contributed by atoms with E-state index in [0.29, 0.717) is 33.5 Å². The zero-order chi connectivity index (χ0) is 58.7. The first-order valence-electron chi connectivity index (χ1n) is 29.1. The molecule has 5 heteroatoms. The van der Waals surface area contributed by atoms with Crippen LogP contribution in [0.3, 0.4) is 0 Å². The Labute approximate surface area is 423 Å². The van der Waals surface area contributed by atoms with E-state index in [9.17, 15) is 6.48 Å². The molecule has 0 fully saturated rings. The van der Waals surface area contributed by atoms with Crippen molar-refractivity contribution in [2.45, 2.75) is 118 Å². The number of para-hydroxylation sites is 1. The summed E-state index contributed by atoms with van der Waals surface area (Å²) in [6, 6.07) is 29.8. The van der Waals surface area contributed by atoms with Crippen molar-refractivity contribution in [3.63, 3.8) is 0 Å². The minimum atomic E-state index is -3.83.